The second-order valence-corrected chi connectivity index (χ2v) is 8.46. The number of benzene rings is 3. The molecule has 0 atom stereocenters. The van der Waals surface area contributed by atoms with E-state index in [2.05, 4.69) is 12.2 Å². The highest BCUT2D eigenvalue weighted by Gasteiger charge is 2.40. The average Bonchev–Trinajstić information content (AvgIpc) is 3.02. The molecule has 1 aliphatic rings. The number of anilines is 2. The van der Waals surface area contributed by atoms with Crippen molar-refractivity contribution in [2.24, 2.45) is 0 Å². The van der Waals surface area contributed by atoms with Gasteiger partial charge in [-0.3, -0.25) is 9.59 Å². The lowest BCUT2D eigenvalue weighted by Crippen LogP contribution is -2.32. The number of nitrogens with one attached hydrogen (secondary N) is 1. The maximum absolute atomic E-state index is 13.6. The Hall–Kier alpha value is -3.66. The van der Waals surface area contributed by atoms with Crippen molar-refractivity contribution < 1.29 is 9.59 Å². The van der Waals surface area contributed by atoms with Gasteiger partial charge in [-0.15, -0.1) is 0 Å². The molecule has 32 heavy (non-hydrogen) atoms. The van der Waals surface area contributed by atoms with Crippen LogP contribution in [0.15, 0.2) is 66.4 Å². The Kier molecular flexibility index (Phi) is 5.70. The molecule has 2 amide bonds. The minimum Gasteiger partial charge on any atom is -0.350 e. The lowest BCUT2D eigenvalue weighted by atomic mass is 9.99. The third kappa shape index (κ3) is 3.84. The molecule has 0 saturated heterocycles. The molecule has 1 heterocycles. The Morgan fingerprint density at radius 2 is 1.44 bits per heavy atom. The van der Waals surface area contributed by atoms with Crippen LogP contribution >= 0.6 is 0 Å². The van der Waals surface area contributed by atoms with E-state index in [1.807, 2.05) is 88.4 Å². The van der Waals surface area contributed by atoms with Crippen LogP contribution in [-0.2, 0) is 16.0 Å². The van der Waals surface area contributed by atoms with Crippen LogP contribution in [0.4, 0.5) is 11.4 Å². The van der Waals surface area contributed by atoms with Gasteiger partial charge < -0.3 is 5.32 Å². The molecule has 0 unspecified atom stereocenters. The number of carbonyl (C=O) groups excluding carboxylic acids is 2. The first-order valence-electron chi connectivity index (χ1n) is 10.9. The van der Waals surface area contributed by atoms with Crippen molar-refractivity contribution in [1.82, 2.24) is 0 Å². The van der Waals surface area contributed by atoms with Crippen LogP contribution in [0.2, 0.25) is 0 Å². The maximum atomic E-state index is 13.6. The fourth-order valence-corrected chi connectivity index (χ4v) is 3.93. The van der Waals surface area contributed by atoms with Gasteiger partial charge in [0.05, 0.1) is 11.3 Å². The van der Waals surface area contributed by atoms with Gasteiger partial charge in [0.1, 0.15) is 5.70 Å². The number of rotatable bonds is 5. The van der Waals surface area contributed by atoms with Crippen LogP contribution in [0.5, 0.6) is 0 Å². The monoisotopic (exact) mass is 424 g/mol. The Balaban J connectivity index is 1.85. The van der Waals surface area contributed by atoms with Crippen molar-refractivity contribution in [1.29, 1.82) is 0 Å². The van der Waals surface area contributed by atoms with Crippen LogP contribution in [0.25, 0.3) is 5.57 Å². The number of hydrogen-bond acceptors (Lipinski definition) is 3. The van der Waals surface area contributed by atoms with Gasteiger partial charge in [-0.25, -0.2) is 4.90 Å². The molecule has 4 heteroatoms. The minimum absolute atomic E-state index is 0.310. The van der Waals surface area contributed by atoms with Crippen LogP contribution in [-0.4, -0.2) is 11.8 Å². The zero-order chi connectivity index (χ0) is 23.0. The average molecular weight is 425 g/mol. The van der Waals surface area contributed by atoms with Gasteiger partial charge in [-0.2, -0.15) is 0 Å². The number of imide groups is 1. The third-order valence-corrected chi connectivity index (χ3v) is 6.14. The summed E-state index contributed by atoms with van der Waals surface area (Å²) in [5.74, 6) is -0.649. The van der Waals surface area contributed by atoms with Crippen molar-refractivity contribution in [3.63, 3.8) is 0 Å². The van der Waals surface area contributed by atoms with Crippen LogP contribution in [0.1, 0.15) is 40.3 Å². The largest absolute Gasteiger partial charge is 0.350 e. The molecule has 0 bridgehead atoms. The van der Waals surface area contributed by atoms with Crippen molar-refractivity contribution in [2.45, 2.75) is 41.0 Å². The Morgan fingerprint density at radius 1 is 0.750 bits per heavy atom. The molecule has 0 radical (unpaired) electrons. The van der Waals surface area contributed by atoms with Crippen LogP contribution in [0, 0.1) is 27.7 Å². The van der Waals surface area contributed by atoms with E-state index in [0.717, 1.165) is 45.5 Å². The van der Waals surface area contributed by atoms with Crippen molar-refractivity contribution in [3.05, 3.63) is 99.7 Å². The standard InChI is InChI=1S/C28H28N2O2/c1-6-21-10-13-23(14-11-21)30-27(31)25(22-12-9-18(3)20(5)16-22)26(28(30)32)29-24-15-17(2)7-8-19(24)4/h7-16,29H,6H2,1-5H3. The summed E-state index contributed by atoms with van der Waals surface area (Å²) >= 11 is 0. The summed E-state index contributed by atoms with van der Waals surface area (Å²) in [6.07, 6.45) is 0.897. The molecule has 3 aromatic carbocycles. The van der Waals surface area contributed by atoms with Gasteiger partial charge in [0.2, 0.25) is 0 Å². The molecule has 3 aromatic rings. The fourth-order valence-electron chi connectivity index (χ4n) is 3.93. The molecular weight excluding hydrogens is 396 g/mol. The topological polar surface area (TPSA) is 49.4 Å². The highest BCUT2D eigenvalue weighted by molar-refractivity contribution is 6.46. The molecule has 0 fully saturated rings. The summed E-state index contributed by atoms with van der Waals surface area (Å²) in [5.41, 5.74) is 8.32. The van der Waals surface area contributed by atoms with Crippen LogP contribution < -0.4 is 10.2 Å². The fraction of sp³-hybridized carbons (Fsp3) is 0.214. The van der Waals surface area contributed by atoms with Crippen molar-refractivity contribution in [3.8, 4) is 0 Å². The lowest BCUT2D eigenvalue weighted by molar-refractivity contribution is -0.120. The Morgan fingerprint density at radius 3 is 2.09 bits per heavy atom. The number of hydrogen-bond donors (Lipinski definition) is 1. The summed E-state index contributed by atoms with van der Waals surface area (Å²) in [7, 11) is 0. The smallest absolute Gasteiger partial charge is 0.282 e. The summed E-state index contributed by atoms with van der Waals surface area (Å²) in [6.45, 7) is 10.1. The van der Waals surface area contributed by atoms with E-state index in [0.29, 0.717) is 17.0 Å². The molecule has 0 aliphatic carbocycles. The molecule has 162 valence electrons. The minimum atomic E-state index is -0.339. The van der Waals surface area contributed by atoms with E-state index in [-0.39, 0.29) is 11.8 Å². The number of amides is 2. The van der Waals surface area contributed by atoms with Gasteiger partial charge in [0.25, 0.3) is 11.8 Å². The SMILES string of the molecule is CCc1ccc(N2C(=O)C(Nc3cc(C)ccc3C)=C(c3ccc(C)c(C)c3)C2=O)cc1. The van der Waals surface area contributed by atoms with Crippen LogP contribution in [0.3, 0.4) is 0 Å². The van der Waals surface area contributed by atoms with E-state index < -0.39 is 0 Å². The van der Waals surface area contributed by atoms with E-state index in [4.69, 9.17) is 0 Å². The third-order valence-electron chi connectivity index (χ3n) is 6.14. The summed E-state index contributed by atoms with van der Waals surface area (Å²) in [5, 5.41) is 3.30. The van der Waals surface area contributed by atoms with Crippen molar-refractivity contribution in [2.75, 3.05) is 10.2 Å². The Bertz CT molecular complexity index is 1250. The molecule has 4 rings (SSSR count). The highest BCUT2D eigenvalue weighted by atomic mass is 16.2. The quantitative estimate of drug-likeness (QED) is 0.521. The normalized spacial score (nSPS) is 13.8. The van der Waals surface area contributed by atoms with Gasteiger partial charge >= 0.3 is 0 Å². The molecule has 0 spiro atoms. The molecule has 4 nitrogen and oxygen atoms in total. The zero-order valence-corrected chi connectivity index (χ0v) is 19.2. The lowest BCUT2D eigenvalue weighted by Gasteiger charge is -2.16. The summed E-state index contributed by atoms with van der Waals surface area (Å²) in [4.78, 5) is 28.5. The first-order chi connectivity index (χ1) is 15.3. The zero-order valence-electron chi connectivity index (χ0n) is 19.2. The van der Waals surface area contributed by atoms with E-state index >= 15 is 0 Å². The van der Waals surface area contributed by atoms with E-state index in [1.165, 1.54) is 4.90 Å². The number of carbonyl (C=O) groups is 2. The predicted molar refractivity (Wildman–Crippen MR) is 131 cm³/mol. The van der Waals surface area contributed by atoms with Gasteiger partial charge in [0.15, 0.2) is 0 Å². The van der Waals surface area contributed by atoms with E-state index in [1.54, 1.807) is 0 Å². The Labute approximate surface area is 189 Å². The molecular formula is C28H28N2O2. The first kappa shape index (κ1) is 21.6. The predicted octanol–water partition coefficient (Wildman–Crippen LogP) is 5.88. The van der Waals surface area contributed by atoms with Crippen molar-refractivity contribution >= 4 is 28.8 Å². The maximum Gasteiger partial charge on any atom is 0.282 e. The highest BCUT2D eigenvalue weighted by Crippen LogP contribution is 2.35. The molecule has 1 N–H and O–H groups in total. The van der Waals surface area contributed by atoms with Gasteiger partial charge in [-0.1, -0.05) is 49.4 Å². The van der Waals surface area contributed by atoms with Gasteiger partial charge in [-0.05, 0) is 85.7 Å². The van der Waals surface area contributed by atoms with Gasteiger partial charge in [0, 0.05) is 5.69 Å². The molecule has 0 saturated carbocycles. The van der Waals surface area contributed by atoms with E-state index in [9.17, 15) is 9.59 Å². The second kappa shape index (κ2) is 8.46. The number of aryl methyl sites for hydroxylation is 5. The number of nitrogens with zero attached hydrogens (tertiary/aromatic N) is 1. The summed E-state index contributed by atoms with van der Waals surface area (Å²) < 4.78 is 0. The molecule has 1 aliphatic heterocycles. The first-order valence-corrected chi connectivity index (χ1v) is 10.9. The summed E-state index contributed by atoms with van der Waals surface area (Å²) in [6, 6.07) is 19.5. The second-order valence-electron chi connectivity index (χ2n) is 8.46. The molecule has 0 aromatic heterocycles.